The Balaban J connectivity index is 2.52. The van der Waals surface area contributed by atoms with E-state index in [1.54, 1.807) is 0 Å². The first-order chi connectivity index (χ1) is 2.89. The average Bonchev–Trinajstić information content (AvgIpc) is 1.86. The largest absolute Gasteiger partial charge is 0.330 e. The van der Waals surface area contributed by atoms with E-state index >= 15 is 0 Å². The van der Waals surface area contributed by atoms with E-state index in [-0.39, 0.29) is 0 Å². The van der Waals surface area contributed by atoms with Crippen molar-refractivity contribution in [2.75, 3.05) is 6.54 Å². The Morgan fingerprint density at radius 3 is 2.83 bits per heavy atom. The van der Waals surface area contributed by atoms with Crippen LogP contribution in [0.5, 0.6) is 0 Å². The summed E-state index contributed by atoms with van der Waals surface area (Å²) >= 11 is 4.51. The Morgan fingerprint density at radius 1 is 1.83 bits per heavy atom. The number of hydrogen-bond acceptors (Lipinski definition) is 4. The van der Waals surface area contributed by atoms with Crippen LogP contribution < -0.4 is 0 Å². The molecule has 0 bridgehead atoms. The Kier molecular flexibility index (Phi) is 0.795. The number of nitrogens with zero attached hydrogens (tertiary/aromatic N) is 2. The van der Waals surface area contributed by atoms with Gasteiger partial charge in [-0.05, 0) is 12.2 Å². The molecule has 0 radical (unpaired) electrons. The van der Waals surface area contributed by atoms with E-state index in [1.807, 2.05) is 0 Å². The molecule has 0 aromatic heterocycles. The molecule has 1 aliphatic heterocycles. The normalized spacial score (nSPS) is 18.3. The Hall–Kier alpha value is -0.510. The third-order valence-corrected chi connectivity index (χ3v) is 0.604. The predicted octanol–water partition coefficient (Wildman–Crippen LogP) is 0.711. The van der Waals surface area contributed by atoms with Crippen LogP contribution >= 0.6 is 12.2 Å². The molecule has 0 fully saturated rings. The van der Waals surface area contributed by atoms with Crippen molar-refractivity contribution in [1.29, 1.82) is 0 Å². The average molecular weight is 102 g/mol. The third kappa shape index (κ3) is 0.514. The van der Waals surface area contributed by atoms with Gasteiger partial charge in [0.1, 0.15) is 6.54 Å². The van der Waals surface area contributed by atoms with Gasteiger partial charge >= 0.3 is 0 Å². The van der Waals surface area contributed by atoms with E-state index in [0.29, 0.717) is 11.6 Å². The van der Waals surface area contributed by atoms with E-state index in [1.165, 1.54) is 0 Å². The van der Waals surface area contributed by atoms with Crippen LogP contribution in [0.4, 0.5) is 0 Å². The highest BCUT2D eigenvalue weighted by molar-refractivity contribution is 7.80. The zero-order chi connectivity index (χ0) is 4.41. The van der Waals surface area contributed by atoms with Crippen molar-refractivity contribution in [3.8, 4) is 0 Å². The van der Waals surface area contributed by atoms with Gasteiger partial charge in [0.25, 0.3) is 0 Å². The predicted molar refractivity (Wildman–Crippen MR) is 23.4 cm³/mol. The summed E-state index contributed by atoms with van der Waals surface area (Å²) in [5.74, 6) is 0. The lowest BCUT2D eigenvalue weighted by molar-refractivity contribution is 0.330. The second kappa shape index (κ2) is 1.30. The molecule has 0 aliphatic carbocycles. The van der Waals surface area contributed by atoms with Crippen LogP contribution in [-0.2, 0) is 4.84 Å². The van der Waals surface area contributed by atoms with Crippen molar-refractivity contribution in [3.05, 3.63) is 0 Å². The lowest BCUT2D eigenvalue weighted by Gasteiger charge is -1.76. The van der Waals surface area contributed by atoms with Crippen LogP contribution in [-0.4, -0.2) is 11.6 Å². The zero-order valence-electron chi connectivity index (χ0n) is 2.92. The summed E-state index contributed by atoms with van der Waals surface area (Å²) in [6, 6.07) is 0. The smallest absolute Gasteiger partial charge is 0.223 e. The molecule has 0 saturated heterocycles. The van der Waals surface area contributed by atoms with Gasteiger partial charge in [-0.1, -0.05) is 0 Å². The van der Waals surface area contributed by atoms with Gasteiger partial charge < -0.3 is 4.84 Å². The molecule has 0 atom stereocenters. The summed E-state index contributed by atoms with van der Waals surface area (Å²) in [5, 5.41) is 7.03. The molecule has 0 spiro atoms. The van der Waals surface area contributed by atoms with Gasteiger partial charge in [-0.2, -0.15) is 0 Å². The maximum Gasteiger partial charge on any atom is 0.223 e. The summed E-state index contributed by atoms with van der Waals surface area (Å²) in [4.78, 5) is 4.34. The highest BCUT2D eigenvalue weighted by atomic mass is 32.1. The molecule has 0 saturated carbocycles. The number of hydrogen-bond donors (Lipinski definition) is 0. The Morgan fingerprint density at radius 2 is 2.67 bits per heavy atom. The van der Waals surface area contributed by atoms with Crippen molar-refractivity contribution in [1.82, 2.24) is 0 Å². The van der Waals surface area contributed by atoms with Crippen molar-refractivity contribution in [3.63, 3.8) is 0 Å². The highest BCUT2D eigenvalue weighted by Crippen LogP contribution is 1.93. The summed E-state index contributed by atoms with van der Waals surface area (Å²) < 4.78 is 0. The fraction of sp³-hybridized carbons (Fsp3) is 0.500. The summed E-state index contributed by atoms with van der Waals surface area (Å²) in [6.07, 6.45) is 0. The molecule has 1 rings (SSSR count). The second-order valence-corrected chi connectivity index (χ2v) is 1.30. The standard InChI is InChI=1S/C2H2N2OS/c6-2-1-3-4-5-2/h1H2. The van der Waals surface area contributed by atoms with Gasteiger partial charge in [-0.15, -0.1) is 5.11 Å². The molecule has 3 nitrogen and oxygen atoms in total. The Labute approximate surface area is 40.0 Å². The first-order valence-corrected chi connectivity index (χ1v) is 1.87. The molecule has 1 aliphatic rings. The van der Waals surface area contributed by atoms with Crippen molar-refractivity contribution >= 4 is 17.3 Å². The van der Waals surface area contributed by atoms with Crippen LogP contribution in [0.15, 0.2) is 10.4 Å². The molecule has 0 amide bonds. The summed E-state index contributed by atoms with van der Waals surface area (Å²) in [7, 11) is 0. The molecule has 0 N–H and O–H groups in total. The first kappa shape index (κ1) is 3.67. The van der Waals surface area contributed by atoms with Crippen LogP contribution in [0.1, 0.15) is 0 Å². The van der Waals surface area contributed by atoms with E-state index in [2.05, 4.69) is 27.4 Å². The van der Waals surface area contributed by atoms with Crippen LogP contribution in [0.2, 0.25) is 0 Å². The van der Waals surface area contributed by atoms with Crippen molar-refractivity contribution < 1.29 is 4.84 Å². The highest BCUT2D eigenvalue weighted by Gasteiger charge is 1.99. The van der Waals surface area contributed by atoms with Gasteiger partial charge in [0, 0.05) is 5.28 Å². The van der Waals surface area contributed by atoms with E-state index in [9.17, 15) is 0 Å². The van der Waals surface area contributed by atoms with Gasteiger partial charge in [0.2, 0.25) is 5.05 Å². The maximum absolute atomic E-state index is 4.51. The topological polar surface area (TPSA) is 34.0 Å². The molecule has 6 heavy (non-hydrogen) atoms. The third-order valence-electron chi connectivity index (χ3n) is 0.400. The van der Waals surface area contributed by atoms with Crippen LogP contribution in [0, 0.1) is 0 Å². The fourth-order valence-electron chi connectivity index (χ4n) is 0.190. The minimum Gasteiger partial charge on any atom is -0.330 e. The first-order valence-electron chi connectivity index (χ1n) is 1.46. The lowest BCUT2D eigenvalue weighted by atomic mass is 10.7. The summed E-state index contributed by atoms with van der Waals surface area (Å²) in [6.45, 7) is 0.454. The lowest BCUT2D eigenvalue weighted by Crippen LogP contribution is -1.90. The molecular formula is C2H2N2OS. The molecule has 0 aromatic rings. The molecule has 1 heterocycles. The quantitative estimate of drug-likeness (QED) is 0.422. The zero-order valence-corrected chi connectivity index (χ0v) is 3.73. The fourth-order valence-corrected chi connectivity index (χ4v) is 0.281. The maximum atomic E-state index is 4.51. The van der Waals surface area contributed by atoms with E-state index < -0.39 is 0 Å². The van der Waals surface area contributed by atoms with Crippen LogP contribution in [0.3, 0.4) is 0 Å². The SMILES string of the molecule is S=C1CN=NO1. The minimum absolute atomic E-state index is 0.454. The molecule has 32 valence electrons. The molecule has 0 unspecified atom stereocenters. The summed E-state index contributed by atoms with van der Waals surface area (Å²) in [5.41, 5.74) is 0. The van der Waals surface area contributed by atoms with Gasteiger partial charge in [-0.3, -0.25) is 0 Å². The van der Waals surface area contributed by atoms with Crippen molar-refractivity contribution in [2.45, 2.75) is 0 Å². The number of rotatable bonds is 0. The second-order valence-electron chi connectivity index (χ2n) is 0.844. The molecular weight excluding hydrogens is 100 g/mol. The molecule has 4 heteroatoms. The monoisotopic (exact) mass is 102 g/mol. The van der Waals surface area contributed by atoms with E-state index in [0.717, 1.165) is 0 Å². The minimum atomic E-state index is 0.454. The van der Waals surface area contributed by atoms with Gasteiger partial charge in [-0.25, -0.2) is 0 Å². The van der Waals surface area contributed by atoms with Gasteiger partial charge in [0.05, 0.1) is 0 Å². The van der Waals surface area contributed by atoms with Gasteiger partial charge in [0.15, 0.2) is 0 Å². The van der Waals surface area contributed by atoms with Crippen LogP contribution in [0.25, 0.3) is 0 Å². The molecule has 0 aromatic carbocycles. The Bertz CT molecular complexity index is 89.7. The van der Waals surface area contributed by atoms with Crippen molar-refractivity contribution in [2.24, 2.45) is 10.4 Å². The van der Waals surface area contributed by atoms with E-state index in [4.69, 9.17) is 0 Å². The number of thiocarbonyl (C=S) groups is 1.